The Morgan fingerprint density at radius 3 is 2.56 bits per heavy atom. The van der Waals surface area contributed by atoms with E-state index in [1.54, 1.807) is 42.6 Å². The van der Waals surface area contributed by atoms with E-state index in [4.69, 9.17) is 15.2 Å². The zero-order chi connectivity index (χ0) is 27.9. The summed E-state index contributed by atoms with van der Waals surface area (Å²) in [5, 5.41) is 4.31. The van der Waals surface area contributed by atoms with Gasteiger partial charge in [0.2, 0.25) is 5.91 Å². The van der Waals surface area contributed by atoms with E-state index in [9.17, 15) is 23.6 Å². The van der Waals surface area contributed by atoms with Crippen molar-refractivity contribution in [2.45, 2.75) is 24.9 Å². The molecule has 0 bridgehead atoms. The van der Waals surface area contributed by atoms with Gasteiger partial charge in [0.1, 0.15) is 11.8 Å². The summed E-state index contributed by atoms with van der Waals surface area (Å²) < 4.78 is 25.3. The van der Waals surface area contributed by atoms with Crippen LogP contribution in [0.1, 0.15) is 16.8 Å². The molecule has 0 aliphatic carbocycles. The fraction of sp³-hybridized carbons (Fsp3) is 0.192. The second-order valence-corrected chi connectivity index (χ2v) is 9.46. The summed E-state index contributed by atoms with van der Waals surface area (Å²) in [5.74, 6) is -2.13. The van der Waals surface area contributed by atoms with E-state index in [2.05, 4.69) is 20.6 Å². The molecule has 2 unspecified atom stereocenters. The predicted molar refractivity (Wildman–Crippen MR) is 140 cm³/mol. The van der Waals surface area contributed by atoms with Crippen LogP contribution in [0.15, 0.2) is 59.9 Å². The van der Waals surface area contributed by atoms with Gasteiger partial charge in [-0.2, -0.15) is 0 Å². The third-order valence-corrected chi connectivity index (χ3v) is 6.42. The smallest absolute Gasteiger partial charge is 0.328 e. The van der Waals surface area contributed by atoms with Crippen molar-refractivity contribution < 1.29 is 33.0 Å². The van der Waals surface area contributed by atoms with E-state index in [1.165, 1.54) is 25.6 Å². The van der Waals surface area contributed by atoms with E-state index in [1.807, 2.05) is 0 Å². The number of aromatic amines is 1. The van der Waals surface area contributed by atoms with Gasteiger partial charge in [0.15, 0.2) is 11.6 Å². The lowest BCUT2D eigenvalue weighted by Gasteiger charge is -2.19. The van der Waals surface area contributed by atoms with Gasteiger partial charge >= 0.3 is 5.97 Å². The van der Waals surface area contributed by atoms with Gasteiger partial charge in [-0.1, -0.05) is 18.2 Å². The number of thioether (sulfide) groups is 1. The number of H-pyrrole nitrogens is 1. The Morgan fingerprint density at radius 2 is 1.95 bits per heavy atom. The van der Waals surface area contributed by atoms with Crippen molar-refractivity contribution in [2.75, 3.05) is 7.11 Å². The number of nitrogens with one attached hydrogen (secondary N) is 3. The number of carbonyl (C=O) groups is 4. The second-order valence-electron chi connectivity index (χ2n) is 8.45. The maximum atomic E-state index is 14.9. The number of amides is 3. The normalized spacial score (nSPS) is 15.5. The molecule has 2 aromatic carbocycles. The minimum absolute atomic E-state index is 0.0395. The molecule has 1 fully saturated rings. The third kappa shape index (κ3) is 7.30. The molecule has 3 aromatic rings. The summed E-state index contributed by atoms with van der Waals surface area (Å²) in [6.07, 6.45) is 4.76. The molecule has 202 valence electrons. The number of hydrogen-bond acceptors (Lipinski definition) is 9. The number of ether oxygens (including phenoxy) is 2. The highest BCUT2D eigenvalue weighted by molar-refractivity contribution is 8.18. The number of rotatable bonds is 10. The molecule has 2 heterocycles. The van der Waals surface area contributed by atoms with Crippen LogP contribution in [-0.2, 0) is 32.0 Å². The summed E-state index contributed by atoms with van der Waals surface area (Å²) in [6, 6.07) is 8.64. The highest BCUT2D eigenvalue weighted by Crippen LogP contribution is 2.28. The molecular weight excluding hydrogens is 529 g/mol. The Bertz CT molecular complexity index is 1410. The first-order valence-electron chi connectivity index (χ1n) is 11.6. The van der Waals surface area contributed by atoms with Crippen LogP contribution in [0.25, 0.3) is 6.08 Å². The van der Waals surface area contributed by atoms with Gasteiger partial charge in [0, 0.05) is 19.0 Å². The first kappa shape index (κ1) is 27.5. The highest BCUT2D eigenvalue weighted by atomic mass is 32.2. The molecule has 1 saturated heterocycles. The van der Waals surface area contributed by atoms with E-state index in [0.717, 1.165) is 11.8 Å². The van der Waals surface area contributed by atoms with Gasteiger partial charge in [0.05, 0.1) is 30.1 Å². The second kappa shape index (κ2) is 12.4. The molecule has 2 atom stereocenters. The molecule has 5 N–H and O–H groups in total. The van der Waals surface area contributed by atoms with Crippen molar-refractivity contribution in [1.29, 1.82) is 0 Å². The van der Waals surface area contributed by atoms with Gasteiger partial charge in [-0.05, 0) is 53.2 Å². The number of esters is 1. The number of benzene rings is 2. The number of imidazole rings is 1. The van der Waals surface area contributed by atoms with Crippen molar-refractivity contribution in [3.63, 3.8) is 0 Å². The van der Waals surface area contributed by atoms with Crippen LogP contribution >= 0.6 is 11.8 Å². The zero-order valence-electron chi connectivity index (χ0n) is 20.6. The topological polar surface area (TPSA) is 166 Å². The number of nitrogens with two attached hydrogens (primary N) is 1. The molecule has 0 radical (unpaired) electrons. The molecule has 1 aliphatic rings. The van der Waals surface area contributed by atoms with E-state index >= 15 is 0 Å². The molecule has 13 heteroatoms. The first-order chi connectivity index (χ1) is 18.7. The van der Waals surface area contributed by atoms with Crippen molar-refractivity contribution >= 4 is 40.9 Å². The molecule has 1 aromatic heterocycles. The van der Waals surface area contributed by atoms with Crippen LogP contribution in [-0.4, -0.2) is 52.2 Å². The minimum Gasteiger partial charge on any atom is -0.467 e. The number of hydrogen-bond donors (Lipinski definition) is 4. The molecule has 0 spiro atoms. The molecule has 0 saturated carbocycles. The van der Waals surface area contributed by atoms with E-state index in [0.29, 0.717) is 22.6 Å². The Morgan fingerprint density at radius 1 is 1.18 bits per heavy atom. The van der Waals surface area contributed by atoms with Gasteiger partial charge in [-0.3, -0.25) is 19.7 Å². The van der Waals surface area contributed by atoms with E-state index in [-0.39, 0.29) is 23.5 Å². The number of aromatic nitrogens is 2. The van der Waals surface area contributed by atoms with Crippen molar-refractivity contribution in [3.8, 4) is 11.5 Å². The number of carbonyl (C=O) groups excluding carboxylic acids is 4. The maximum absolute atomic E-state index is 14.9. The number of imide groups is 1. The van der Waals surface area contributed by atoms with Crippen LogP contribution in [0.2, 0.25) is 0 Å². The summed E-state index contributed by atoms with van der Waals surface area (Å²) in [7, 11) is 1.19. The highest BCUT2D eigenvalue weighted by Gasteiger charge is 2.26. The molecule has 39 heavy (non-hydrogen) atoms. The van der Waals surface area contributed by atoms with Crippen molar-refractivity contribution in [3.05, 3.63) is 82.5 Å². The summed E-state index contributed by atoms with van der Waals surface area (Å²) in [6.45, 7) is 0. The first-order valence-corrected chi connectivity index (χ1v) is 12.5. The van der Waals surface area contributed by atoms with Crippen molar-refractivity contribution in [2.24, 2.45) is 5.73 Å². The quantitative estimate of drug-likeness (QED) is 0.218. The molecular formula is C26H24FN5O6S. The maximum Gasteiger partial charge on any atom is 0.328 e. The van der Waals surface area contributed by atoms with Gasteiger partial charge in [-0.15, -0.1) is 0 Å². The lowest BCUT2D eigenvalue weighted by Crippen LogP contribution is -2.50. The summed E-state index contributed by atoms with van der Waals surface area (Å²) in [4.78, 5) is 54.9. The summed E-state index contributed by atoms with van der Waals surface area (Å²) >= 11 is 0.809. The van der Waals surface area contributed by atoms with Gasteiger partial charge in [0.25, 0.3) is 11.1 Å². The zero-order valence-corrected chi connectivity index (χ0v) is 21.4. The molecule has 11 nitrogen and oxygen atoms in total. The largest absolute Gasteiger partial charge is 0.467 e. The Kier molecular flexibility index (Phi) is 8.74. The number of halogens is 1. The lowest BCUT2D eigenvalue weighted by molar-refractivity contribution is -0.145. The summed E-state index contributed by atoms with van der Waals surface area (Å²) in [5.41, 5.74) is 7.61. The fourth-order valence-corrected chi connectivity index (χ4v) is 4.34. The van der Waals surface area contributed by atoms with E-state index < -0.39 is 40.9 Å². The van der Waals surface area contributed by atoms with Crippen LogP contribution < -0.4 is 21.1 Å². The van der Waals surface area contributed by atoms with Gasteiger partial charge < -0.3 is 25.5 Å². The fourth-order valence-electron chi connectivity index (χ4n) is 3.66. The van der Waals surface area contributed by atoms with Crippen LogP contribution in [0.5, 0.6) is 11.5 Å². The van der Waals surface area contributed by atoms with Crippen LogP contribution in [0.3, 0.4) is 0 Å². The monoisotopic (exact) mass is 553 g/mol. The Labute approximate surface area is 226 Å². The predicted octanol–water partition coefficient (Wildman–Crippen LogP) is 2.44. The van der Waals surface area contributed by atoms with Gasteiger partial charge in [-0.25, -0.2) is 14.2 Å². The molecule has 4 rings (SSSR count). The average Bonchev–Trinajstić information content (AvgIpc) is 3.54. The third-order valence-electron chi connectivity index (χ3n) is 5.61. The number of nitrogens with zero attached hydrogens (tertiary/aromatic N) is 1. The standard InChI is InChI=1S/C26H24FN5O6S/c1-37-25(35)20(31-23(33)19(28)11-16-12-29-13-30-16)9-15-4-7-21(18(27)8-15)38-17-5-2-14(3-6-17)10-22-24(34)32-26(36)39-22/h2-8,10,12-13,19-20H,9,11,28H2,1H3,(H,29,30)(H,31,33)(H,32,34,36). The average molecular weight is 554 g/mol. The number of methoxy groups -OCH3 is 1. The van der Waals surface area contributed by atoms with Crippen LogP contribution in [0, 0.1) is 5.82 Å². The molecule has 1 aliphatic heterocycles. The Balaban J connectivity index is 1.39. The Hall–Kier alpha value is -4.49. The van der Waals surface area contributed by atoms with Crippen LogP contribution in [0.4, 0.5) is 9.18 Å². The van der Waals surface area contributed by atoms with Crippen molar-refractivity contribution in [1.82, 2.24) is 20.6 Å². The minimum atomic E-state index is -1.09. The SMILES string of the molecule is COC(=O)C(Cc1ccc(Oc2ccc(C=C3SC(=O)NC3=O)cc2)c(F)c1)NC(=O)C(N)Cc1c[nH]cn1. The molecule has 3 amide bonds. The lowest BCUT2D eigenvalue weighted by atomic mass is 10.0.